The van der Waals surface area contributed by atoms with E-state index in [0.717, 1.165) is 22.4 Å². The fourth-order valence-corrected chi connectivity index (χ4v) is 4.02. The minimum Gasteiger partial charge on any atom is -0.340 e. The Bertz CT molecular complexity index is 1430. The molecule has 182 valence electrons. The van der Waals surface area contributed by atoms with Crippen molar-refractivity contribution in [3.63, 3.8) is 0 Å². The maximum Gasteiger partial charge on any atom is 0.236 e. The molecule has 2 heterocycles. The second-order valence-electron chi connectivity index (χ2n) is 8.58. The summed E-state index contributed by atoms with van der Waals surface area (Å²) in [6, 6.07) is 32.8. The van der Waals surface area contributed by atoms with E-state index in [2.05, 4.69) is 30.9 Å². The molecule has 0 radical (unpaired) electrons. The van der Waals surface area contributed by atoms with E-state index in [0.29, 0.717) is 23.1 Å². The molecule has 0 aliphatic rings. The Morgan fingerprint density at radius 2 is 1.22 bits per heavy atom. The molecule has 5 aromatic rings. The van der Waals surface area contributed by atoms with Crippen molar-refractivity contribution >= 4 is 34.7 Å². The van der Waals surface area contributed by atoms with Crippen LogP contribution in [0.4, 0.5) is 28.8 Å². The summed E-state index contributed by atoms with van der Waals surface area (Å²) in [5.41, 5.74) is 4.54. The van der Waals surface area contributed by atoms with Gasteiger partial charge in [0.1, 0.15) is 23.8 Å². The predicted octanol–water partition coefficient (Wildman–Crippen LogP) is 6.44. The SMILES string of the molecule is Cc1ccnc(Nc2cc(Nc3ccc(NC(=O)C(c4ccccc4)c4ccccc4)cc3)ncn2)c1. The molecule has 37 heavy (non-hydrogen) atoms. The zero-order valence-corrected chi connectivity index (χ0v) is 20.3. The van der Waals surface area contributed by atoms with E-state index in [1.54, 1.807) is 6.20 Å². The lowest BCUT2D eigenvalue weighted by atomic mass is 9.90. The number of nitrogens with one attached hydrogen (secondary N) is 3. The van der Waals surface area contributed by atoms with Gasteiger partial charge >= 0.3 is 0 Å². The number of pyridine rings is 1. The summed E-state index contributed by atoms with van der Waals surface area (Å²) in [7, 11) is 0. The van der Waals surface area contributed by atoms with E-state index in [1.165, 1.54) is 6.33 Å². The summed E-state index contributed by atoms with van der Waals surface area (Å²) in [5.74, 6) is 1.49. The van der Waals surface area contributed by atoms with Crippen molar-refractivity contribution in [2.75, 3.05) is 16.0 Å². The number of anilines is 5. The summed E-state index contributed by atoms with van der Waals surface area (Å²) < 4.78 is 0. The summed E-state index contributed by atoms with van der Waals surface area (Å²) in [6.07, 6.45) is 3.24. The molecular formula is C30H26N6O. The minimum atomic E-state index is -0.407. The molecule has 1 amide bonds. The molecule has 2 aromatic heterocycles. The second-order valence-corrected chi connectivity index (χ2v) is 8.58. The topological polar surface area (TPSA) is 91.8 Å². The fourth-order valence-electron chi connectivity index (χ4n) is 4.02. The standard InChI is InChI=1S/C30H26N6O/c1-21-16-17-31-26(18-21)36-28-19-27(32-20-33-28)34-24-12-14-25(15-13-24)35-30(37)29(22-8-4-2-5-9-22)23-10-6-3-7-11-23/h2-20,29H,1H3,(H,35,37)(H2,31,32,33,34,36). The van der Waals surface area contributed by atoms with E-state index in [1.807, 2.05) is 110 Å². The summed E-state index contributed by atoms with van der Waals surface area (Å²) in [6.45, 7) is 2.01. The second kappa shape index (κ2) is 11.1. The van der Waals surface area contributed by atoms with Gasteiger partial charge in [-0.25, -0.2) is 15.0 Å². The molecule has 0 spiro atoms. The van der Waals surface area contributed by atoms with Crippen LogP contribution in [-0.4, -0.2) is 20.9 Å². The van der Waals surface area contributed by atoms with E-state index in [9.17, 15) is 4.79 Å². The third-order valence-electron chi connectivity index (χ3n) is 5.79. The molecule has 0 atom stereocenters. The molecule has 0 bridgehead atoms. The molecule has 0 saturated carbocycles. The first-order chi connectivity index (χ1) is 18.1. The van der Waals surface area contributed by atoms with Gasteiger partial charge < -0.3 is 16.0 Å². The summed E-state index contributed by atoms with van der Waals surface area (Å²) in [4.78, 5) is 26.2. The van der Waals surface area contributed by atoms with Crippen LogP contribution in [0.2, 0.25) is 0 Å². The molecule has 7 heteroatoms. The van der Waals surface area contributed by atoms with Crippen LogP contribution >= 0.6 is 0 Å². The Morgan fingerprint density at radius 1 is 0.649 bits per heavy atom. The highest BCUT2D eigenvalue weighted by molar-refractivity contribution is 5.98. The lowest BCUT2D eigenvalue weighted by molar-refractivity contribution is -0.116. The quantitative estimate of drug-likeness (QED) is 0.234. The average molecular weight is 487 g/mol. The monoisotopic (exact) mass is 486 g/mol. The molecule has 5 rings (SSSR count). The van der Waals surface area contributed by atoms with Crippen molar-refractivity contribution in [3.8, 4) is 0 Å². The Morgan fingerprint density at radius 3 is 1.84 bits per heavy atom. The molecule has 3 N–H and O–H groups in total. The molecule has 0 aliphatic heterocycles. The van der Waals surface area contributed by atoms with E-state index < -0.39 is 5.92 Å². The van der Waals surface area contributed by atoms with E-state index in [4.69, 9.17) is 0 Å². The van der Waals surface area contributed by atoms with Gasteiger partial charge in [0.2, 0.25) is 5.91 Å². The number of hydrogen-bond donors (Lipinski definition) is 3. The number of aryl methyl sites for hydroxylation is 1. The smallest absolute Gasteiger partial charge is 0.236 e. The molecule has 3 aromatic carbocycles. The van der Waals surface area contributed by atoms with E-state index >= 15 is 0 Å². The van der Waals surface area contributed by atoms with Gasteiger partial charge in [0.25, 0.3) is 0 Å². The maximum atomic E-state index is 13.3. The molecular weight excluding hydrogens is 460 g/mol. The molecule has 0 saturated heterocycles. The Kier molecular flexibility index (Phi) is 7.13. The van der Waals surface area contributed by atoms with Gasteiger partial charge in [-0.05, 0) is 60.0 Å². The maximum absolute atomic E-state index is 13.3. The third-order valence-corrected chi connectivity index (χ3v) is 5.79. The van der Waals surface area contributed by atoms with E-state index in [-0.39, 0.29) is 5.91 Å². The fraction of sp³-hybridized carbons (Fsp3) is 0.0667. The molecule has 7 nitrogen and oxygen atoms in total. The number of benzene rings is 3. The van der Waals surface area contributed by atoms with Crippen LogP contribution < -0.4 is 16.0 Å². The van der Waals surface area contributed by atoms with Crippen molar-refractivity contribution in [1.82, 2.24) is 15.0 Å². The number of hydrogen-bond acceptors (Lipinski definition) is 6. The van der Waals surface area contributed by atoms with Crippen LogP contribution in [-0.2, 0) is 4.79 Å². The van der Waals surface area contributed by atoms with Crippen molar-refractivity contribution < 1.29 is 4.79 Å². The number of aromatic nitrogens is 3. The molecule has 0 aliphatic carbocycles. The Balaban J connectivity index is 1.27. The van der Waals surface area contributed by atoms with Gasteiger partial charge in [-0.2, -0.15) is 0 Å². The number of rotatable bonds is 8. The lowest BCUT2D eigenvalue weighted by Crippen LogP contribution is -2.22. The first-order valence-corrected chi connectivity index (χ1v) is 11.9. The van der Waals surface area contributed by atoms with Crippen LogP contribution in [0.5, 0.6) is 0 Å². The van der Waals surface area contributed by atoms with Crippen molar-refractivity contribution in [1.29, 1.82) is 0 Å². The van der Waals surface area contributed by atoms with Crippen LogP contribution in [0.1, 0.15) is 22.6 Å². The first kappa shape index (κ1) is 23.7. The summed E-state index contributed by atoms with van der Waals surface area (Å²) in [5, 5.41) is 9.52. The number of amides is 1. The van der Waals surface area contributed by atoms with Crippen LogP contribution in [0, 0.1) is 6.92 Å². The van der Waals surface area contributed by atoms with Gasteiger partial charge in [-0.3, -0.25) is 4.79 Å². The van der Waals surface area contributed by atoms with Crippen molar-refractivity contribution in [2.24, 2.45) is 0 Å². The summed E-state index contributed by atoms with van der Waals surface area (Å²) >= 11 is 0. The average Bonchev–Trinajstić information content (AvgIpc) is 2.91. The highest BCUT2D eigenvalue weighted by Gasteiger charge is 2.22. The van der Waals surface area contributed by atoms with Gasteiger partial charge in [0.05, 0.1) is 5.92 Å². The minimum absolute atomic E-state index is 0.0885. The van der Waals surface area contributed by atoms with Crippen LogP contribution in [0.15, 0.2) is 116 Å². The van der Waals surface area contributed by atoms with Gasteiger partial charge in [0.15, 0.2) is 0 Å². The van der Waals surface area contributed by atoms with Crippen LogP contribution in [0.25, 0.3) is 0 Å². The zero-order chi connectivity index (χ0) is 25.5. The van der Waals surface area contributed by atoms with Gasteiger partial charge in [-0.15, -0.1) is 0 Å². The highest BCUT2D eigenvalue weighted by Crippen LogP contribution is 2.27. The largest absolute Gasteiger partial charge is 0.340 e. The Hall–Kier alpha value is -5.04. The van der Waals surface area contributed by atoms with Crippen molar-refractivity contribution in [2.45, 2.75) is 12.8 Å². The van der Waals surface area contributed by atoms with Gasteiger partial charge in [-0.1, -0.05) is 60.7 Å². The highest BCUT2D eigenvalue weighted by atomic mass is 16.1. The van der Waals surface area contributed by atoms with Crippen LogP contribution in [0.3, 0.4) is 0 Å². The predicted molar refractivity (Wildman–Crippen MR) is 147 cm³/mol. The first-order valence-electron chi connectivity index (χ1n) is 11.9. The third kappa shape index (κ3) is 6.15. The Labute approximate surface area is 215 Å². The molecule has 0 unspecified atom stereocenters. The normalized spacial score (nSPS) is 10.6. The zero-order valence-electron chi connectivity index (χ0n) is 20.3. The van der Waals surface area contributed by atoms with Crippen molar-refractivity contribution in [3.05, 3.63) is 132 Å². The lowest BCUT2D eigenvalue weighted by Gasteiger charge is -2.18. The van der Waals surface area contributed by atoms with Gasteiger partial charge in [0, 0.05) is 23.6 Å². The number of nitrogens with zero attached hydrogens (tertiary/aromatic N) is 3. The number of carbonyl (C=O) groups is 1. The molecule has 0 fully saturated rings. The number of carbonyl (C=O) groups excluding carboxylic acids is 1.